The Kier molecular flexibility index (Phi) is 6.61. The lowest BCUT2D eigenvalue weighted by Crippen LogP contribution is -2.58. The molecule has 1 saturated carbocycles. The zero-order chi connectivity index (χ0) is 30.9. The Morgan fingerprint density at radius 3 is 2.39 bits per heavy atom. The van der Waals surface area contributed by atoms with Crippen molar-refractivity contribution >= 4 is 34.0 Å². The van der Waals surface area contributed by atoms with Gasteiger partial charge in [-0.1, -0.05) is 42.5 Å². The number of hydrogen-bond acceptors (Lipinski definition) is 9. The topological polar surface area (TPSA) is 171 Å². The van der Waals surface area contributed by atoms with Gasteiger partial charge in [0, 0.05) is 37.5 Å². The smallest absolute Gasteiger partial charge is 0.255 e. The zero-order valence-electron chi connectivity index (χ0n) is 23.9. The highest BCUT2D eigenvalue weighted by Gasteiger charge is 2.60. The first kappa shape index (κ1) is 28.3. The van der Waals surface area contributed by atoms with Gasteiger partial charge >= 0.3 is 0 Å². The van der Waals surface area contributed by atoms with Crippen LogP contribution >= 0.6 is 0 Å². The molecule has 0 spiro atoms. The molecule has 2 fully saturated rings. The molecule has 44 heavy (non-hydrogen) atoms. The number of carbonyl (C=O) groups excluding carboxylic acids is 3. The number of ether oxygens (including phenoxy) is 1. The lowest BCUT2D eigenvalue weighted by Gasteiger charge is -2.46. The molecule has 6 N–H and O–H groups in total. The largest absolute Gasteiger partial charge is 0.508 e. The van der Waals surface area contributed by atoms with E-state index in [9.17, 15) is 34.8 Å². The molecule has 3 aliphatic carbocycles. The maximum absolute atomic E-state index is 13.8. The lowest BCUT2D eigenvalue weighted by molar-refractivity contribution is -0.147. The molecule has 1 amide bonds. The fraction of sp³-hybridized carbons (Fsp3) is 0.324. The number of carbonyl (C=O) groups is 3. The Labute approximate surface area is 252 Å². The normalized spacial score (nSPS) is 25.6. The molecule has 1 aliphatic heterocycles. The number of fused-ring (bicyclic) bond motifs is 4. The van der Waals surface area contributed by atoms with E-state index in [-0.39, 0.29) is 36.1 Å². The van der Waals surface area contributed by atoms with Gasteiger partial charge < -0.3 is 30.9 Å². The van der Waals surface area contributed by atoms with Gasteiger partial charge in [0.2, 0.25) is 5.78 Å². The monoisotopic (exact) mass is 596 g/mol. The van der Waals surface area contributed by atoms with E-state index in [0.29, 0.717) is 18.8 Å². The average molecular weight is 597 g/mol. The van der Waals surface area contributed by atoms with Crippen LogP contribution in [0.1, 0.15) is 29.5 Å². The van der Waals surface area contributed by atoms with Gasteiger partial charge in [-0.3, -0.25) is 19.3 Å². The molecule has 226 valence electrons. The lowest BCUT2D eigenvalue weighted by atomic mass is 9.59. The Hall–Kier alpha value is -4.51. The minimum absolute atomic E-state index is 0.0797. The second-order valence-corrected chi connectivity index (χ2v) is 12.1. The van der Waals surface area contributed by atoms with E-state index in [0.717, 1.165) is 41.5 Å². The second kappa shape index (κ2) is 10.3. The second-order valence-electron chi connectivity index (χ2n) is 12.1. The van der Waals surface area contributed by atoms with Gasteiger partial charge in [-0.15, -0.1) is 0 Å². The number of nitrogens with zero attached hydrogens (tertiary/aromatic N) is 1. The molecule has 4 aliphatic rings. The van der Waals surface area contributed by atoms with Crippen molar-refractivity contribution in [1.29, 1.82) is 0 Å². The van der Waals surface area contributed by atoms with Crippen LogP contribution in [-0.4, -0.2) is 74.7 Å². The molecule has 0 aromatic heterocycles. The van der Waals surface area contributed by atoms with Gasteiger partial charge in [0.05, 0.1) is 18.8 Å². The molecule has 0 unspecified atom stereocenters. The summed E-state index contributed by atoms with van der Waals surface area (Å²) in [5, 5.41) is 46.9. The molecular weight excluding hydrogens is 564 g/mol. The Morgan fingerprint density at radius 2 is 1.66 bits per heavy atom. The van der Waals surface area contributed by atoms with E-state index in [2.05, 4.69) is 17.0 Å². The van der Waals surface area contributed by atoms with E-state index in [1.807, 2.05) is 24.3 Å². The molecule has 3 aromatic rings. The van der Waals surface area contributed by atoms with Crippen molar-refractivity contribution in [3.05, 3.63) is 82.1 Å². The summed E-state index contributed by atoms with van der Waals surface area (Å²) in [7, 11) is 0. The van der Waals surface area contributed by atoms with E-state index in [1.165, 1.54) is 11.6 Å². The number of Topliss-reactive ketones (excluding diaryl/α,β-unsaturated/α-hetero) is 2. The molecule has 10 nitrogen and oxygen atoms in total. The number of morpholine rings is 1. The van der Waals surface area contributed by atoms with Crippen LogP contribution in [0.15, 0.2) is 65.4 Å². The molecule has 1 heterocycles. The first-order valence-corrected chi connectivity index (χ1v) is 14.7. The average Bonchev–Trinajstić information content (AvgIpc) is 3.00. The third-order valence-corrected chi connectivity index (χ3v) is 9.75. The Bertz CT molecular complexity index is 1840. The molecule has 1 saturated heterocycles. The summed E-state index contributed by atoms with van der Waals surface area (Å²) in [4.78, 5) is 40.8. The zero-order valence-corrected chi connectivity index (χ0v) is 23.9. The molecule has 0 radical (unpaired) electrons. The predicted octanol–water partition coefficient (Wildman–Crippen LogP) is 3.08. The fourth-order valence-corrected chi connectivity index (χ4v) is 7.61. The van der Waals surface area contributed by atoms with Crippen LogP contribution in [-0.2, 0) is 32.1 Å². The van der Waals surface area contributed by atoms with Crippen molar-refractivity contribution in [2.75, 3.05) is 26.3 Å². The number of aliphatic hydroxyl groups excluding tert-OH is 2. The van der Waals surface area contributed by atoms with E-state index >= 15 is 0 Å². The fourth-order valence-electron chi connectivity index (χ4n) is 7.61. The van der Waals surface area contributed by atoms with Gasteiger partial charge in [0.15, 0.2) is 11.4 Å². The summed E-state index contributed by atoms with van der Waals surface area (Å²) >= 11 is 0. The molecule has 3 atom stereocenters. The maximum Gasteiger partial charge on any atom is 0.255 e. The number of primary amides is 1. The number of aromatic hydroxyl groups is 1. The predicted molar refractivity (Wildman–Crippen MR) is 160 cm³/mol. The van der Waals surface area contributed by atoms with E-state index in [4.69, 9.17) is 10.5 Å². The number of rotatable bonds is 4. The number of nitrogens with two attached hydrogens (primary N) is 1. The number of hydrogen-bond donors (Lipinski definition) is 5. The van der Waals surface area contributed by atoms with Crippen LogP contribution in [0.2, 0.25) is 0 Å². The number of benzene rings is 3. The third-order valence-electron chi connectivity index (χ3n) is 9.75. The van der Waals surface area contributed by atoms with Gasteiger partial charge in [0.1, 0.15) is 22.8 Å². The van der Waals surface area contributed by atoms with Crippen LogP contribution in [0.3, 0.4) is 0 Å². The number of ketones is 2. The third kappa shape index (κ3) is 4.09. The molecule has 7 rings (SSSR count). The summed E-state index contributed by atoms with van der Waals surface area (Å²) in [5.41, 5.74) is 5.31. The Balaban J connectivity index is 1.36. The summed E-state index contributed by atoms with van der Waals surface area (Å²) in [6, 6.07) is 15.5. The van der Waals surface area contributed by atoms with Gasteiger partial charge in [-0.2, -0.15) is 0 Å². The van der Waals surface area contributed by atoms with Gasteiger partial charge in [-0.25, -0.2) is 0 Å². The first-order chi connectivity index (χ1) is 21.1. The number of phenols is 1. The molecule has 0 bridgehead atoms. The molecule has 10 heteroatoms. The van der Waals surface area contributed by atoms with Crippen molar-refractivity contribution in [3.63, 3.8) is 0 Å². The van der Waals surface area contributed by atoms with Crippen molar-refractivity contribution in [2.24, 2.45) is 17.6 Å². The SMILES string of the molecule is NC(=O)C1=C(O)[C@@]2(O)C(=O)C3=C(O)c4c(O)ccc(-c5ccc(CN6CCOCC6)c6ccccc56)c4C[C@H]3C[C@H]2CC1=O. The van der Waals surface area contributed by atoms with Crippen LogP contribution in [0.4, 0.5) is 0 Å². The summed E-state index contributed by atoms with van der Waals surface area (Å²) in [6.45, 7) is 3.89. The maximum atomic E-state index is 13.8. The highest BCUT2D eigenvalue weighted by atomic mass is 16.5. The van der Waals surface area contributed by atoms with E-state index in [1.54, 1.807) is 6.07 Å². The number of aliphatic hydroxyl groups is 3. The van der Waals surface area contributed by atoms with Gasteiger partial charge in [0.25, 0.3) is 5.91 Å². The van der Waals surface area contributed by atoms with Crippen molar-refractivity contribution in [1.82, 2.24) is 4.90 Å². The number of amides is 1. The van der Waals surface area contributed by atoms with Crippen LogP contribution in [0, 0.1) is 11.8 Å². The van der Waals surface area contributed by atoms with Gasteiger partial charge in [-0.05, 0) is 57.9 Å². The minimum Gasteiger partial charge on any atom is -0.508 e. The van der Waals surface area contributed by atoms with Crippen LogP contribution < -0.4 is 5.73 Å². The van der Waals surface area contributed by atoms with Crippen molar-refractivity contribution in [2.45, 2.75) is 31.4 Å². The molecule has 3 aromatic carbocycles. The highest BCUT2D eigenvalue weighted by molar-refractivity contribution is 6.22. The summed E-state index contributed by atoms with van der Waals surface area (Å²) in [5.74, 6) is -6.43. The highest BCUT2D eigenvalue weighted by Crippen LogP contribution is 2.53. The quantitative estimate of drug-likeness (QED) is 0.284. The van der Waals surface area contributed by atoms with Crippen molar-refractivity contribution in [3.8, 4) is 16.9 Å². The van der Waals surface area contributed by atoms with Crippen LogP contribution in [0.25, 0.3) is 27.7 Å². The van der Waals surface area contributed by atoms with E-state index < -0.39 is 52.0 Å². The number of phenolic OH excluding ortho intramolecular Hbond substituents is 1. The molecular formula is C34H32N2O8. The minimum atomic E-state index is -2.59. The van der Waals surface area contributed by atoms with Crippen molar-refractivity contribution < 1.29 is 39.5 Å². The standard InChI is InChI=1S/C34H32N2O8/c35-33(42)29-26(38)15-19-13-18-14-24-23(7-8-25(37)28(24)30(39)27(18)31(40)34(19,43)32(29)41)22-6-5-17(16-36-9-11-44-12-10-36)20-3-1-2-4-21(20)22/h1-8,18-19,37,39,41,43H,9-16H2,(H2,35,42)/t18-,19+,34+/m1/s1. The summed E-state index contributed by atoms with van der Waals surface area (Å²) in [6.07, 6.45) is -0.0384. The first-order valence-electron chi connectivity index (χ1n) is 14.7. The van der Waals surface area contributed by atoms with Crippen LogP contribution in [0.5, 0.6) is 5.75 Å². The Morgan fingerprint density at radius 1 is 0.955 bits per heavy atom. The summed E-state index contributed by atoms with van der Waals surface area (Å²) < 4.78 is 5.51.